The number of benzene rings is 10. The molecule has 0 bridgehead atoms. The summed E-state index contributed by atoms with van der Waals surface area (Å²) in [5.74, 6) is 0. The van der Waals surface area contributed by atoms with Gasteiger partial charge in [-0.25, -0.2) is 0 Å². The Kier molecular flexibility index (Phi) is 7.54. The second-order valence-corrected chi connectivity index (χ2v) is 15.2. The molecular weight excluding hydrogens is 719 g/mol. The number of para-hydroxylation sites is 2. The minimum absolute atomic E-state index is 0.893. The van der Waals surface area contributed by atoms with Crippen LogP contribution in [0.4, 0.5) is 17.1 Å². The molecular formula is C56H35NO2. The van der Waals surface area contributed by atoms with Gasteiger partial charge in [-0.2, -0.15) is 0 Å². The number of fused-ring (bicyclic) bond motifs is 9. The van der Waals surface area contributed by atoms with Crippen molar-refractivity contribution in [2.75, 3.05) is 4.90 Å². The van der Waals surface area contributed by atoms with Crippen LogP contribution in [-0.4, -0.2) is 0 Å². The molecule has 3 nitrogen and oxygen atoms in total. The Morgan fingerprint density at radius 3 is 1.47 bits per heavy atom. The number of nitrogens with zero attached hydrogens (tertiary/aromatic N) is 1. The molecule has 0 aliphatic rings. The van der Waals surface area contributed by atoms with Crippen LogP contribution in [0, 0.1) is 0 Å². The summed E-state index contributed by atoms with van der Waals surface area (Å²) in [5.41, 5.74) is 13.7. The summed E-state index contributed by atoms with van der Waals surface area (Å²) in [5, 5.41) is 9.32. The molecule has 3 heteroatoms. The maximum absolute atomic E-state index is 6.54. The van der Waals surface area contributed by atoms with Gasteiger partial charge in [0.15, 0.2) is 0 Å². The predicted octanol–water partition coefficient (Wildman–Crippen LogP) is 16.3. The molecule has 59 heavy (non-hydrogen) atoms. The number of furan rings is 2. The monoisotopic (exact) mass is 753 g/mol. The summed E-state index contributed by atoms with van der Waals surface area (Å²) in [6.45, 7) is 0. The van der Waals surface area contributed by atoms with E-state index in [4.69, 9.17) is 8.83 Å². The second-order valence-electron chi connectivity index (χ2n) is 15.2. The molecule has 10 aromatic carbocycles. The standard InChI is InChI=1S/C56H35NO2/c1-3-13-44-36(10-1)12-7-16-45(44)38-22-29-41(30-23-38)57(43-33-26-40(27-34-43)48-18-8-19-50-49-15-5-6-20-52(49)58-55(48)50)42-31-24-39(25-32-42)46-17-9-21-53-54(46)51-35-28-37-11-2-4-14-47(37)56(51)59-53/h1-35H. The van der Waals surface area contributed by atoms with E-state index >= 15 is 0 Å². The zero-order valence-electron chi connectivity index (χ0n) is 32.0. The van der Waals surface area contributed by atoms with Gasteiger partial charge in [0, 0.05) is 49.6 Å². The van der Waals surface area contributed by atoms with E-state index in [-0.39, 0.29) is 0 Å². The van der Waals surface area contributed by atoms with Crippen molar-refractivity contribution >= 4 is 82.5 Å². The van der Waals surface area contributed by atoms with Crippen molar-refractivity contribution in [1.29, 1.82) is 0 Å². The molecule has 0 aliphatic carbocycles. The smallest absolute Gasteiger partial charge is 0.143 e. The molecule has 0 N–H and O–H groups in total. The molecule has 0 aliphatic heterocycles. The average molecular weight is 754 g/mol. The Morgan fingerprint density at radius 2 is 0.746 bits per heavy atom. The van der Waals surface area contributed by atoms with E-state index in [1.165, 1.54) is 27.3 Å². The first-order valence-electron chi connectivity index (χ1n) is 20.1. The molecule has 0 atom stereocenters. The van der Waals surface area contributed by atoms with E-state index in [2.05, 4.69) is 205 Å². The van der Waals surface area contributed by atoms with Crippen LogP contribution in [-0.2, 0) is 0 Å². The van der Waals surface area contributed by atoms with Crippen LogP contribution < -0.4 is 4.90 Å². The SMILES string of the molecule is c1ccc2c(-c3ccc(N(c4ccc(-c5cccc6c5oc5ccccc56)cc4)c4ccc(-c5cccc6oc7c8ccccc8ccc7c56)cc4)cc3)cccc2c1. The van der Waals surface area contributed by atoms with Crippen molar-refractivity contribution in [1.82, 2.24) is 0 Å². The normalized spacial score (nSPS) is 11.7. The zero-order valence-corrected chi connectivity index (χ0v) is 32.0. The molecule has 0 amide bonds. The molecule has 12 rings (SSSR count). The van der Waals surface area contributed by atoms with E-state index < -0.39 is 0 Å². The summed E-state index contributed by atoms with van der Waals surface area (Å²) in [6, 6.07) is 75.7. The minimum atomic E-state index is 0.893. The Bertz CT molecular complexity index is 3530. The highest BCUT2D eigenvalue weighted by Gasteiger charge is 2.18. The summed E-state index contributed by atoms with van der Waals surface area (Å²) < 4.78 is 13.0. The van der Waals surface area contributed by atoms with Crippen molar-refractivity contribution in [2.24, 2.45) is 0 Å². The third-order valence-corrected chi connectivity index (χ3v) is 11.9. The lowest BCUT2D eigenvalue weighted by atomic mass is 9.97. The maximum Gasteiger partial charge on any atom is 0.143 e. The number of hydrogen-bond acceptors (Lipinski definition) is 3. The number of hydrogen-bond donors (Lipinski definition) is 0. The van der Waals surface area contributed by atoms with Crippen LogP contribution in [0.2, 0.25) is 0 Å². The molecule has 0 spiro atoms. The fourth-order valence-electron chi connectivity index (χ4n) is 9.06. The number of rotatable bonds is 6. The van der Waals surface area contributed by atoms with E-state index in [1.807, 2.05) is 12.1 Å². The van der Waals surface area contributed by atoms with Gasteiger partial charge in [-0.1, -0.05) is 158 Å². The highest BCUT2D eigenvalue weighted by atomic mass is 16.3. The zero-order chi connectivity index (χ0) is 38.9. The molecule has 276 valence electrons. The van der Waals surface area contributed by atoms with Crippen molar-refractivity contribution < 1.29 is 8.83 Å². The first kappa shape index (κ1) is 33.3. The van der Waals surface area contributed by atoms with Crippen molar-refractivity contribution in [3.05, 3.63) is 212 Å². The van der Waals surface area contributed by atoms with Crippen molar-refractivity contribution in [2.45, 2.75) is 0 Å². The third-order valence-electron chi connectivity index (χ3n) is 11.9. The van der Waals surface area contributed by atoms with E-state index in [1.54, 1.807) is 0 Å². The van der Waals surface area contributed by atoms with E-state index in [0.717, 1.165) is 88.6 Å². The van der Waals surface area contributed by atoms with Crippen molar-refractivity contribution in [3.63, 3.8) is 0 Å². The lowest BCUT2D eigenvalue weighted by Crippen LogP contribution is -2.09. The summed E-state index contributed by atoms with van der Waals surface area (Å²) in [7, 11) is 0. The highest BCUT2D eigenvalue weighted by molar-refractivity contribution is 6.19. The molecule has 0 saturated heterocycles. The lowest BCUT2D eigenvalue weighted by Gasteiger charge is -2.26. The van der Waals surface area contributed by atoms with Gasteiger partial charge in [-0.3, -0.25) is 0 Å². The maximum atomic E-state index is 6.54. The summed E-state index contributed by atoms with van der Waals surface area (Å²) in [6.07, 6.45) is 0. The Labute approximate surface area is 340 Å². The van der Waals surface area contributed by atoms with Gasteiger partial charge in [-0.05, 0) is 98.6 Å². The van der Waals surface area contributed by atoms with Gasteiger partial charge in [0.25, 0.3) is 0 Å². The Balaban J connectivity index is 0.963. The van der Waals surface area contributed by atoms with Gasteiger partial charge in [-0.15, -0.1) is 0 Å². The van der Waals surface area contributed by atoms with Crippen LogP contribution in [0.25, 0.3) is 98.8 Å². The van der Waals surface area contributed by atoms with Crippen LogP contribution in [0.1, 0.15) is 0 Å². The van der Waals surface area contributed by atoms with E-state index in [0.29, 0.717) is 0 Å². The van der Waals surface area contributed by atoms with Gasteiger partial charge in [0.05, 0.1) is 0 Å². The summed E-state index contributed by atoms with van der Waals surface area (Å²) in [4.78, 5) is 2.34. The van der Waals surface area contributed by atoms with Crippen LogP contribution in [0.15, 0.2) is 221 Å². The molecule has 2 aromatic heterocycles. The molecule has 0 radical (unpaired) electrons. The number of anilines is 3. The van der Waals surface area contributed by atoms with Gasteiger partial charge in [0.1, 0.15) is 22.3 Å². The summed E-state index contributed by atoms with van der Waals surface area (Å²) >= 11 is 0. The van der Waals surface area contributed by atoms with Crippen LogP contribution >= 0.6 is 0 Å². The third kappa shape index (κ3) is 5.44. The van der Waals surface area contributed by atoms with Crippen LogP contribution in [0.3, 0.4) is 0 Å². The van der Waals surface area contributed by atoms with Crippen molar-refractivity contribution in [3.8, 4) is 33.4 Å². The Morgan fingerprint density at radius 1 is 0.271 bits per heavy atom. The fraction of sp³-hybridized carbons (Fsp3) is 0. The predicted molar refractivity (Wildman–Crippen MR) is 247 cm³/mol. The lowest BCUT2D eigenvalue weighted by molar-refractivity contribution is 0.670. The minimum Gasteiger partial charge on any atom is -0.455 e. The average Bonchev–Trinajstić information content (AvgIpc) is 3.89. The second kappa shape index (κ2) is 13.4. The first-order chi connectivity index (χ1) is 29.2. The van der Waals surface area contributed by atoms with E-state index in [9.17, 15) is 0 Å². The van der Waals surface area contributed by atoms with Crippen LogP contribution in [0.5, 0.6) is 0 Å². The Hall–Kier alpha value is -7.88. The topological polar surface area (TPSA) is 29.5 Å². The van der Waals surface area contributed by atoms with Gasteiger partial charge in [0.2, 0.25) is 0 Å². The van der Waals surface area contributed by atoms with Gasteiger partial charge >= 0.3 is 0 Å². The highest BCUT2D eigenvalue weighted by Crippen LogP contribution is 2.43. The van der Waals surface area contributed by atoms with Gasteiger partial charge < -0.3 is 13.7 Å². The molecule has 0 fully saturated rings. The quantitative estimate of drug-likeness (QED) is 0.169. The first-order valence-corrected chi connectivity index (χ1v) is 20.1. The fourth-order valence-corrected chi connectivity index (χ4v) is 9.06. The largest absolute Gasteiger partial charge is 0.455 e. The molecule has 12 aromatic rings. The molecule has 0 saturated carbocycles. The molecule has 0 unspecified atom stereocenters. The molecule has 2 heterocycles.